The van der Waals surface area contributed by atoms with Crippen molar-refractivity contribution >= 4 is 11.8 Å². The highest BCUT2D eigenvalue weighted by Gasteiger charge is 2.16. The average Bonchev–Trinajstić information content (AvgIpc) is 2.22. The van der Waals surface area contributed by atoms with E-state index in [0.29, 0.717) is 13.0 Å². The van der Waals surface area contributed by atoms with Crippen LogP contribution in [0.3, 0.4) is 0 Å². The lowest BCUT2D eigenvalue weighted by atomic mass is 10.2. The molecule has 0 bridgehead atoms. The van der Waals surface area contributed by atoms with Crippen molar-refractivity contribution in [3.05, 3.63) is 0 Å². The summed E-state index contributed by atoms with van der Waals surface area (Å²) in [6.45, 7) is 2.25. The Morgan fingerprint density at radius 2 is 2.07 bits per heavy atom. The summed E-state index contributed by atoms with van der Waals surface area (Å²) in [7, 11) is 3.35. The normalized spacial score (nSPS) is 12.4. The SMILES string of the molecule is CNC(=O)CCN(C)C(C)C(=O)NN. The van der Waals surface area contributed by atoms with Gasteiger partial charge in [-0.25, -0.2) is 5.84 Å². The zero-order chi connectivity index (χ0) is 11.1. The monoisotopic (exact) mass is 202 g/mol. The van der Waals surface area contributed by atoms with Gasteiger partial charge in [0.2, 0.25) is 5.91 Å². The molecular weight excluding hydrogens is 184 g/mol. The molecule has 0 aromatic carbocycles. The van der Waals surface area contributed by atoms with Crippen molar-refractivity contribution in [2.75, 3.05) is 20.6 Å². The molecule has 1 unspecified atom stereocenters. The van der Waals surface area contributed by atoms with Crippen LogP contribution >= 0.6 is 0 Å². The second-order valence-corrected chi connectivity index (χ2v) is 3.09. The molecule has 0 aromatic rings. The van der Waals surface area contributed by atoms with Crippen molar-refractivity contribution in [2.45, 2.75) is 19.4 Å². The third-order valence-corrected chi connectivity index (χ3v) is 2.15. The number of nitrogens with zero attached hydrogens (tertiary/aromatic N) is 1. The van der Waals surface area contributed by atoms with Crippen LogP contribution in [0.15, 0.2) is 0 Å². The summed E-state index contributed by atoms with van der Waals surface area (Å²) < 4.78 is 0. The van der Waals surface area contributed by atoms with Gasteiger partial charge in [0.25, 0.3) is 5.91 Å². The molecule has 2 amide bonds. The molecule has 0 radical (unpaired) electrons. The molecule has 0 spiro atoms. The lowest BCUT2D eigenvalue weighted by Crippen LogP contribution is -2.46. The number of amides is 2. The number of likely N-dealkylation sites (N-methyl/N-ethyl adjacent to an activating group) is 1. The Kier molecular flexibility index (Phi) is 5.82. The maximum Gasteiger partial charge on any atom is 0.250 e. The van der Waals surface area contributed by atoms with Gasteiger partial charge in [-0.3, -0.25) is 19.9 Å². The number of hydrazine groups is 1. The molecule has 0 saturated carbocycles. The van der Waals surface area contributed by atoms with E-state index in [2.05, 4.69) is 10.7 Å². The van der Waals surface area contributed by atoms with Crippen LogP contribution in [-0.4, -0.2) is 43.4 Å². The van der Waals surface area contributed by atoms with Gasteiger partial charge >= 0.3 is 0 Å². The van der Waals surface area contributed by atoms with Gasteiger partial charge in [0.1, 0.15) is 0 Å². The summed E-state index contributed by atoms with van der Waals surface area (Å²) in [5.74, 6) is 4.68. The molecule has 0 aliphatic heterocycles. The van der Waals surface area contributed by atoms with E-state index < -0.39 is 0 Å². The van der Waals surface area contributed by atoms with E-state index >= 15 is 0 Å². The molecule has 0 aliphatic carbocycles. The van der Waals surface area contributed by atoms with Gasteiger partial charge in [-0.1, -0.05) is 0 Å². The lowest BCUT2D eigenvalue weighted by molar-refractivity contribution is -0.126. The number of hydrogen-bond acceptors (Lipinski definition) is 4. The summed E-state index contributed by atoms with van der Waals surface area (Å²) in [5.41, 5.74) is 2.07. The quantitative estimate of drug-likeness (QED) is 0.285. The Bertz CT molecular complexity index is 208. The molecule has 6 heteroatoms. The van der Waals surface area contributed by atoms with Crippen LogP contribution in [0.4, 0.5) is 0 Å². The van der Waals surface area contributed by atoms with Crippen LogP contribution in [-0.2, 0) is 9.59 Å². The minimum atomic E-state index is -0.329. The van der Waals surface area contributed by atoms with Crippen molar-refractivity contribution < 1.29 is 9.59 Å². The predicted molar refractivity (Wildman–Crippen MR) is 53.1 cm³/mol. The van der Waals surface area contributed by atoms with Crippen molar-refractivity contribution in [1.29, 1.82) is 0 Å². The Morgan fingerprint density at radius 3 is 2.50 bits per heavy atom. The maximum atomic E-state index is 11.1. The van der Waals surface area contributed by atoms with Gasteiger partial charge in [-0.2, -0.15) is 0 Å². The summed E-state index contributed by atoms with van der Waals surface area (Å²) in [5, 5.41) is 2.51. The van der Waals surface area contributed by atoms with E-state index in [-0.39, 0.29) is 17.9 Å². The van der Waals surface area contributed by atoms with Gasteiger partial charge in [0.15, 0.2) is 0 Å². The molecule has 1 atom stereocenters. The van der Waals surface area contributed by atoms with Crippen LogP contribution in [0.1, 0.15) is 13.3 Å². The Balaban J connectivity index is 3.89. The first-order chi connectivity index (χ1) is 6.52. The fourth-order valence-corrected chi connectivity index (χ4v) is 0.917. The third-order valence-electron chi connectivity index (χ3n) is 2.15. The van der Waals surface area contributed by atoms with Crippen LogP contribution in [0, 0.1) is 0 Å². The van der Waals surface area contributed by atoms with Crippen LogP contribution in [0.5, 0.6) is 0 Å². The van der Waals surface area contributed by atoms with Gasteiger partial charge in [-0.15, -0.1) is 0 Å². The minimum absolute atomic E-state index is 0.0443. The average molecular weight is 202 g/mol. The first kappa shape index (κ1) is 12.9. The van der Waals surface area contributed by atoms with Crippen molar-refractivity contribution in [3.8, 4) is 0 Å². The second kappa shape index (κ2) is 6.33. The largest absolute Gasteiger partial charge is 0.359 e. The zero-order valence-electron chi connectivity index (χ0n) is 8.83. The van der Waals surface area contributed by atoms with Gasteiger partial charge in [0.05, 0.1) is 6.04 Å². The number of nitrogens with two attached hydrogens (primary N) is 1. The molecule has 0 aromatic heterocycles. The van der Waals surface area contributed by atoms with Gasteiger partial charge < -0.3 is 5.32 Å². The highest BCUT2D eigenvalue weighted by atomic mass is 16.2. The molecule has 0 fully saturated rings. The summed E-state index contributed by atoms with van der Waals surface area (Å²) in [6, 6.07) is -0.329. The Morgan fingerprint density at radius 1 is 1.50 bits per heavy atom. The summed E-state index contributed by atoms with van der Waals surface area (Å²) in [6.07, 6.45) is 0.370. The minimum Gasteiger partial charge on any atom is -0.359 e. The molecule has 14 heavy (non-hydrogen) atoms. The fraction of sp³-hybridized carbons (Fsp3) is 0.750. The fourth-order valence-electron chi connectivity index (χ4n) is 0.917. The zero-order valence-corrected chi connectivity index (χ0v) is 8.83. The van der Waals surface area contributed by atoms with E-state index in [0.717, 1.165) is 0 Å². The number of nitrogens with one attached hydrogen (secondary N) is 2. The van der Waals surface area contributed by atoms with Crippen LogP contribution < -0.4 is 16.6 Å². The highest BCUT2D eigenvalue weighted by molar-refractivity contribution is 5.80. The molecule has 0 aliphatic rings. The molecule has 0 saturated heterocycles. The molecule has 0 heterocycles. The lowest BCUT2D eigenvalue weighted by Gasteiger charge is -2.22. The number of carbonyl (C=O) groups is 2. The second-order valence-electron chi connectivity index (χ2n) is 3.09. The highest BCUT2D eigenvalue weighted by Crippen LogP contribution is 1.96. The molecule has 82 valence electrons. The first-order valence-electron chi connectivity index (χ1n) is 4.44. The number of carbonyl (C=O) groups excluding carboxylic acids is 2. The Hall–Kier alpha value is -1.14. The molecular formula is C8H18N4O2. The topological polar surface area (TPSA) is 87.5 Å². The molecule has 4 N–H and O–H groups in total. The van der Waals surface area contributed by atoms with Crippen molar-refractivity contribution in [3.63, 3.8) is 0 Å². The van der Waals surface area contributed by atoms with Crippen LogP contribution in [0.25, 0.3) is 0 Å². The van der Waals surface area contributed by atoms with Gasteiger partial charge in [0, 0.05) is 20.0 Å². The van der Waals surface area contributed by atoms with E-state index in [1.165, 1.54) is 0 Å². The maximum absolute atomic E-state index is 11.1. The van der Waals surface area contributed by atoms with E-state index in [4.69, 9.17) is 5.84 Å². The van der Waals surface area contributed by atoms with Crippen LogP contribution in [0.2, 0.25) is 0 Å². The smallest absolute Gasteiger partial charge is 0.250 e. The van der Waals surface area contributed by atoms with Gasteiger partial charge in [-0.05, 0) is 14.0 Å². The predicted octanol–water partition coefficient (Wildman–Crippen LogP) is -1.57. The van der Waals surface area contributed by atoms with E-state index in [1.807, 2.05) is 0 Å². The Labute approximate surface area is 83.8 Å². The molecule has 0 rings (SSSR count). The summed E-state index contributed by atoms with van der Waals surface area (Å²) >= 11 is 0. The number of hydrogen-bond donors (Lipinski definition) is 3. The number of rotatable bonds is 5. The van der Waals surface area contributed by atoms with Crippen molar-refractivity contribution in [1.82, 2.24) is 15.6 Å². The van der Waals surface area contributed by atoms with E-state index in [9.17, 15) is 9.59 Å². The van der Waals surface area contributed by atoms with E-state index in [1.54, 1.807) is 25.9 Å². The third kappa shape index (κ3) is 4.20. The first-order valence-corrected chi connectivity index (χ1v) is 4.44. The molecule has 6 nitrogen and oxygen atoms in total. The standard InChI is InChI=1S/C8H18N4O2/c1-6(8(14)11-9)12(3)5-4-7(13)10-2/h6H,4-5,9H2,1-3H3,(H,10,13)(H,11,14). The summed E-state index contributed by atoms with van der Waals surface area (Å²) in [4.78, 5) is 23.8. The van der Waals surface area contributed by atoms with Crippen molar-refractivity contribution in [2.24, 2.45) is 5.84 Å².